The van der Waals surface area contributed by atoms with Crippen LogP contribution in [-0.2, 0) is 19.6 Å². The number of carbonyl (C=O) groups is 2. The van der Waals surface area contributed by atoms with Gasteiger partial charge in [0.1, 0.15) is 0 Å². The van der Waals surface area contributed by atoms with Crippen molar-refractivity contribution in [3.63, 3.8) is 0 Å². The molecule has 9 nitrogen and oxygen atoms in total. The second-order valence-electron chi connectivity index (χ2n) is 6.20. The lowest BCUT2D eigenvalue weighted by Gasteiger charge is -2.41. The number of piperidine rings is 1. The summed E-state index contributed by atoms with van der Waals surface area (Å²) in [5, 5.41) is 8.45. The topological polar surface area (TPSA) is 117 Å². The first-order valence-corrected chi connectivity index (χ1v) is 9.42. The van der Waals surface area contributed by atoms with Crippen LogP contribution >= 0.6 is 0 Å². The molecule has 1 N–H and O–H groups in total. The van der Waals surface area contributed by atoms with E-state index >= 15 is 0 Å². The molecule has 0 aliphatic carbocycles. The summed E-state index contributed by atoms with van der Waals surface area (Å²) < 4.78 is 36.3. The van der Waals surface area contributed by atoms with Crippen LogP contribution in [0.15, 0.2) is 21.6 Å². The van der Waals surface area contributed by atoms with Gasteiger partial charge in [0, 0.05) is 39.2 Å². The van der Waals surface area contributed by atoms with Gasteiger partial charge in [-0.05, 0) is 25.0 Å². The summed E-state index contributed by atoms with van der Waals surface area (Å²) in [6.45, 7) is 1.56. The van der Waals surface area contributed by atoms with E-state index in [1.165, 1.54) is 4.31 Å². The van der Waals surface area contributed by atoms with Crippen molar-refractivity contribution < 1.29 is 32.3 Å². The molecule has 0 unspecified atom stereocenters. The van der Waals surface area contributed by atoms with E-state index in [9.17, 15) is 18.0 Å². The van der Waals surface area contributed by atoms with Crippen molar-refractivity contribution in [2.45, 2.75) is 24.0 Å². The van der Waals surface area contributed by atoms with Crippen LogP contribution in [-0.4, -0.2) is 74.0 Å². The molecule has 0 bridgehead atoms. The van der Waals surface area contributed by atoms with Gasteiger partial charge in [-0.15, -0.1) is 0 Å². The maximum atomic E-state index is 12.5. The first-order chi connectivity index (χ1) is 11.8. The molecule has 138 valence electrons. The molecule has 3 heterocycles. The van der Waals surface area contributed by atoms with Crippen molar-refractivity contribution in [1.82, 2.24) is 9.21 Å². The fourth-order valence-electron chi connectivity index (χ4n) is 3.07. The predicted molar refractivity (Wildman–Crippen MR) is 84.5 cm³/mol. The second-order valence-corrected chi connectivity index (χ2v) is 8.07. The van der Waals surface area contributed by atoms with Crippen LogP contribution in [0.1, 0.15) is 23.4 Å². The van der Waals surface area contributed by atoms with E-state index in [1.54, 1.807) is 12.0 Å². The standard InChI is InChI=1S/C15H20N2O7S/c1-23-11-8-16(9-11)14(18)10-4-6-17(7-5-10)25(21,22)13-3-2-12(24-13)15(19)20/h2-3,10-11H,4-9H2,1H3,(H,19,20). The fraction of sp³-hybridized carbons (Fsp3) is 0.600. The average Bonchev–Trinajstić information content (AvgIpc) is 3.05. The van der Waals surface area contributed by atoms with Crippen molar-refractivity contribution >= 4 is 21.9 Å². The Labute approximate surface area is 145 Å². The minimum atomic E-state index is -3.89. The molecule has 2 aliphatic rings. The molecule has 1 aromatic rings. The van der Waals surface area contributed by atoms with Gasteiger partial charge < -0.3 is 19.2 Å². The summed E-state index contributed by atoms with van der Waals surface area (Å²) in [4.78, 5) is 24.9. The first kappa shape index (κ1) is 17.9. The molecule has 0 saturated carbocycles. The number of rotatable bonds is 5. The quantitative estimate of drug-likeness (QED) is 0.786. The Balaban J connectivity index is 1.59. The number of furan rings is 1. The number of carboxylic acid groups (broad SMARTS) is 1. The van der Waals surface area contributed by atoms with Crippen molar-refractivity contribution in [2.75, 3.05) is 33.3 Å². The monoisotopic (exact) mass is 372 g/mol. The van der Waals surface area contributed by atoms with Gasteiger partial charge in [-0.25, -0.2) is 13.2 Å². The summed E-state index contributed by atoms with van der Waals surface area (Å²) in [7, 11) is -2.28. The van der Waals surface area contributed by atoms with Crippen molar-refractivity contribution in [1.29, 1.82) is 0 Å². The fourth-order valence-corrected chi connectivity index (χ4v) is 4.45. The van der Waals surface area contributed by atoms with Crippen LogP contribution in [0, 0.1) is 5.92 Å². The molecule has 0 spiro atoms. The first-order valence-electron chi connectivity index (χ1n) is 7.97. The predicted octanol–water partition coefficient (Wildman–Crippen LogP) is 0.236. The lowest BCUT2D eigenvalue weighted by atomic mass is 9.95. The van der Waals surface area contributed by atoms with E-state index in [1.807, 2.05) is 0 Å². The van der Waals surface area contributed by atoms with Crippen LogP contribution in [0.5, 0.6) is 0 Å². The molecular formula is C15H20N2O7S. The van der Waals surface area contributed by atoms with Crippen molar-refractivity contribution in [3.05, 3.63) is 17.9 Å². The van der Waals surface area contributed by atoms with Gasteiger partial charge in [-0.2, -0.15) is 4.31 Å². The minimum absolute atomic E-state index is 0.0384. The van der Waals surface area contributed by atoms with Gasteiger partial charge in [0.05, 0.1) is 6.10 Å². The van der Waals surface area contributed by atoms with Crippen LogP contribution in [0.25, 0.3) is 0 Å². The smallest absolute Gasteiger partial charge is 0.371 e. The van der Waals surface area contributed by atoms with Crippen LogP contribution in [0.4, 0.5) is 0 Å². The Morgan fingerprint density at radius 2 is 1.88 bits per heavy atom. The van der Waals surface area contributed by atoms with Crippen LogP contribution in [0.3, 0.4) is 0 Å². The Kier molecular flexibility index (Phi) is 4.85. The lowest BCUT2D eigenvalue weighted by molar-refractivity contribution is -0.148. The third-order valence-electron chi connectivity index (χ3n) is 4.68. The highest BCUT2D eigenvalue weighted by molar-refractivity contribution is 7.89. The van der Waals surface area contributed by atoms with Gasteiger partial charge in [-0.3, -0.25) is 4.79 Å². The molecule has 2 fully saturated rings. The largest absolute Gasteiger partial charge is 0.475 e. The summed E-state index contributed by atoms with van der Waals surface area (Å²) in [6, 6.07) is 2.25. The van der Waals surface area contributed by atoms with E-state index in [4.69, 9.17) is 14.3 Å². The normalized spacial score (nSPS) is 20.4. The highest BCUT2D eigenvalue weighted by atomic mass is 32.2. The highest BCUT2D eigenvalue weighted by Gasteiger charge is 2.38. The zero-order valence-electron chi connectivity index (χ0n) is 13.8. The summed E-state index contributed by atoms with van der Waals surface area (Å²) in [6.07, 6.45) is 0.948. The third-order valence-corrected chi connectivity index (χ3v) is 6.46. The molecule has 3 rings (SSSR count). The molecule has 0 radical (unpaired) electrons. The van der Waals surface area contributed by atoms with Crippen LogP contribution < -0.4 is 0 Å². The number of hydrogen-bond donors (Lipinski definition) is 1. The zero-order valence-corrected chi connectivity index (χ0v) is 14.6. The lowest BCUT2D eigenvalue weighted by Crippen LogP contribution is -2.57. The van der Waals surface area contributed by atoms with E-state index in [0.29, 0.717) is 25.9 Å². The van der Waals surface area contributed by atoms with Gasteiger partial charge in [0.25, 0.3) is 10.0 Å². The molecule has 1 aromatic heterocycles. The summed E-state index contributed by atoms with van der Waals surface area (Å²) >= 11 is 0. The summed E-state index contributed by atoms with van der Waals surface area (Å²) in [5.41, 5.74) is 0. The van der Waals surface area contributed by atoms with Gasteiger partial charge in [-0.1, -0.05) is 0 Å². The molecule has 2 saturated heterocycles. The number of methoxy groups -OCH3 is 1. The highest BCUT2D eigenvalue weighted by Crippen LogP contribution is 2.27. The number of carbonyl (C=O) groups excluding carboxylic acids is 1. The molecule has 2 aliphatic heterocycles. The second kappa shape index (κ2) is 6.77. The Morgan fingerprint density at radius 3 is 2.40 bits per heavy atom. The number of sulfonamides is 1. The maximum absolute atomic E-state index is 12.5. The molecular weight excluding hydrogens is 352 g/mol. The van der Waals surface area contributed by atoms with E-state index < -0.39 is 21.8 Å². The number of aromatic carboxylic acids is 1. The number of amides is 1. The number of carboxylic acids is 1. The molecule has 0 atom stereocenters. The average molecular weight is 372 g/mol. The molecule has 25 heavy (non-hydrogen) atoms. The maximum Gasteiger partial charge on any atom is 0.371 e. The SMILES string of the molecule is COC1CN(C(=O)C2CCN(S(=O)(=O)c3ccc(C(=O)O)o3)CC2)C1. The Morgan fingerprint density at radius 1 is 1.24 bits per heavy atom. The number of nitrogens with zero attached hydrogens (tertiary/aromatic N) is 2. The van der Waals surface area contributed by atoms with E-state index in [0.717, 1.165) is 12.1 Å². The van der Waals surface area contributed by atoms with Crippen molar-refractivity contribution in [2.24, 2.45) is 5.92 Å². The van der Waals surface area contributed by atoms with Crippen LogP contribution in [0.2, 0.25) is 0 Å². The van der Waals surface area contributed by atoms with Gasteiger partial charge in [0.15, 0.2) is 0 Å². The summed E-state index contributed by atoms with van der Waals surface area (Å²) in [5.74, 6) is -1.91. The van der Waals surface area contributed by atoms with Crippen molar-refractivity contribution in [3.8, 4) is 0 Å². The molecule has 0 aromatic carbocycles. The van der Waals surface area contributed by atoms with Gasteiger partial charge >= 0.3 is 5.97 Å². The molecule has 1 amide bonds. The van der Waals surface area contributed by atoms with Gasteiger partial charge in [0.2, 0.25) is 16.8 Å². The van der Waals surface area contributed by atoms with E-state index in [2.05, 4.69) is 0 Å². The number of ether oxygens (including phenoxy) is 1. The van der Waals surface area contributed by atoms with E-state index in [-0.39, 0.29) is 36.1 Å². The zero-order chi connectivity index (χ0) is 18.2. The Hall–Kier alpha value is -1.91. The minimum Gasteiger partial charge on any atom is -0.475 e. The number of hydrogen-bond acceptors (Lipinski definition) is 6. The number of likely N-dealkylation sites (tertiary alicyclic amines) is 1. The Bertz CT molecular complexity index is 759. The third kappa shape index (κ3) is 3.42. The molecule has 10 heteroatoms.